The van der Waals surface area contributed by atoms with Crippen molar-refractivity contribution in [1.82, 2.24) is 10.9 Å². The fourth-order valence-corrected chi connectivity index (χ4v) is 2.53. The maximum atomic E-state index is 12.4. The van der Waals surface area contributed by atoms with E-state index in [0.717, 1.165) is 6.42 Å². The molecule has 7 nitrogen and oxygen atoms in total. The van der Waals surface area contributed by atoms with Crippen LogP contribution in [0.2, 0.25) is 5.02 Å². The first-order chi connectivity index (χ1) is 13.5. The van der Waals surface area contributed by atoms with Crippen LogP contribution >= 0.6 is 11.6 Å². The smallest absolute Gasteiger partial charge is 0.273 e. The van der Waals surface area contributed by atoms with Gasteiger partial charge in [0.2, 0.25) is 0 Å². The molecule has 0 radical (unpaired) electrons. The van der Waals surface area contributed by atoms with Gasteiger partial charge < -0.3 is 14.2 Å². The third-order valence-corrected chi connectivity index (χ3v) is 3.90. The maximum Gasteiger partial charge on any atom is 0.273 e. The lowest BCUT2D eigenvalue weighted by molar-refractivity contribution is 0.0844. The molecule has 0 heterocycles. The molecule has 0 spiro atoms. The van der Waals surface area contributed by atoms with Crippen molar-refractivity contribution in [3.8, 4) is 17.2 Å². The van der Waals surface area contributed by atoms with Crippen LogP contribution in [0.3, 0.4) is 0 Å². The third kappa shape index (κ3) is 5.53. The van der Waals surface area contributed by atoms with E-state index < -0.39 is 11.8 Å². The number of carbonyl (C=O) groups is 2. The first-order valence-corrected chi connectivity index (χ1v) is 9.21. The van der Waals surface area contributed by atoms with Gasteiger partial charge in [0.05, 0.1) is 25.9 Å². The minimum atomic E-state index is -0.555. The zero-order valence-electron chi connectivity index (χ0n) is 16.0. The van der Waals surface area contributed by atoms with Gasteiger partial charge >= 0.3 is 0 Å². The summed E-state index contributed by atoms with van der Waals surface area (Å²) in [7, 11) is 1.44. The van der Waals surface area contributed by atoms with Crippen LogP contribution in [0.4, 0.5) is 0 Å². The number of amides is 2. The molecule has 150 valence electrons. The fraction of sp³-hybridized carbons (Fsp3) is 0.300. The van der Waals surface area contributed by atoms with E-state index in [9.17, 15) is 9.59 Å². The van der Waals surface area contributed by atoms with Gasteiger partial charge in [0.1, 0.15) is 5.75 Å². The first kappa shape index (κ1) is 21.4. The molecule has 0 atom stereocenters. The first-order valence-electron chi connectivity index (χ1n) is 8.84. The van der Waals surface area contributed by atoms with Crippen molar-refractivity contribution in [1.29, 1.82) is 0 Å². The molecule has 0 unspecified atom stereocenters. The SMILES string of the molecule is CCCOc1ccc(C(=O)NNC(=O)c2cc(Cl)ccc2OC)cc1OCC. The Morgan fingerprint density at radius 1 is 0.929 bits per heavy atom. The van der Waals surface area contributed by atoms with E-state index in [-0.39, 0.29) is 5.56 Å². The molecule has 2 N–H and O–H groups in total. The van der Waals surface area contributed by atoms with E-state index in [4.69, 9.17) is 25.8 Å². The standard InChI is InChI=1S/C20H23ClN2O5/c1-4-10-28-17-8-6-13(11-18(17)27-5-2)19(24)22-23-20(25)15-12-14(21)7-9-16(15)26-3/h6-9,11-12H,4-5,10H2,1-3H3,(H,22,24)(H,23,25). The molecular formula is C20H23ClN2O5. The summed E-state index contributed by atoms with van der Waals surface area (Å²) < 4.78 is 16.3. The summed E-state index contributed by atoms with van der Waals surface area (Å²) >= 11 is 5.93. The van der Waals surface area contributed by atoms with Crippen molar-refractivity contribution < 1.29 is 23.8 Å². The van der Waals surface area contributed by atoms with Crippen LogP contribution in [-0.2, 0) is 0 Å². The number of hydrogen-bond donors (Lipinski definition) is 2. The Hall–Kier alpha value is -2.93. The van der Waals surface area contributed by atoms with E-state index >= 15 is 0 Å². The lowest BCUT2D eigenvalue weighted by Gasteiger charge is -2.14. The highest BCUT2D eigenvalue weighted by molar-refractivity contribution is 6.31. The summed E-state index contributed by atoms with van der Waals surface area (Å²) in [4.78, 5) is 24.7. The number of carbonyl (C=O) groups excluding carboxylic acids is 2. The van der Waals surface area contributed by atoms with Gasteiger partial charge in [0, 0.05) is 10.6 Å². The Morgan fingerprint density at radius 2 is 1.64 bits per heavy atom. The van der Waals surface area contributed by atoms with Crippen LogP contribution < -0.4 is 25.1 Å². The summed E-state index contributed by atoms with van der Waals surface area (Å²) in [5.41, 5.74) is 5.23. The van der Waals surface area contributed by atoms with Crippen molar-refractivity contribution in [3.05, 3.63) is 52.5 Å². The Morgan fingerprint density at radius 3 is 2.32 bits per heavy atom. The number of halogens is 1. The highest BCUT2D eigenvalue weighted by Gasteiger charge is 2.16. The zero-order chi connectivity index (χ0) is 20.5. The molecule has 8 heteroatoms. The van der Waals surface area contributed by atoms with Crippen molar-refractivity contribution >= 4 is 23.4 Å². The molecule has 0 fully saturated rings. The second-order valence-corrected chi connectivity index (χ2v) is 6.13. The van der Waals surface area contributed by atoms with Crippen LogP contribution in [0.1, 0.15) is 41.0 Å². The third-order valence-electron chi connectivity index (χ3n) is 3.66. The van der Waals surface area contributed by atoms with Gasteiger partial charge in [-0.25, -0.2) is 0 Å². The number of ether oxygens (including phenoxy) is 3. The average Bonchev–Trinajstić information content (AvgIpc) is 2.70. The van der Waals surface area contributed by atoms with Gasteiger partial charge in [-0.05, 0) is 49.7 Å². The number of hydrazine groups is 1. The number of methoxy groups -OCH3 is 1. The summed E-state index contributed by atoms with van der Waals surface area (Å²) in [6.07, 6.45) is 0.854. The zero-order valence-corrected chi connectivity index (χ0v) is 16.8. The predicted octanol–water partition coefficient (Wildman–Crippen LogP) is 3.61. The number of nitrogens with one attached hydrogen (secondary N) is 2. The van der Waals surface area contributed by atoms with Crippen molar-refractivity contribution in [3.63, 3.8) is 0 Å². The molecule has 0 saturated carbocycles. The predicted molar refractivity (Wildman–Crippen MR) is 106 cm³/mol. The minimum absolute atomic E-state index is 0.202. The number of benzene rings is 2. The van der Waals surface area contributed by atoms with E-state index in [2.05, 4.69) is 10.9 Å². The molecule has 0 aliphatic carbocycles. The molecule has 2 aromatic carbocycles. The van der Waals surface area contributed by atoms with Crippen molar-refractivity contribution in [2.24, 2.45) is 0 Å². The molecule has 28 heavy (non-hydrogen) atoms. The van der Waals surface area contributed by atoms with Crippen LogP contribution in [-0.4, -0.2) is 32.1 Å². The van der Waals surface area contributed by atoms with Gasteiger partial charge in [-0.2, -0.15) is 0 Å². The molecule has 0 aromatic heterocycles. The lowest BCUT2D eigenvalue weighted by Crippen LogP contribution is -2.41. The van der Waals surface area contributed by atoms with Gasteiger partial charge in [-0.15, -0.1) is 0 Å². The highest BCUT2D eigenvalue weighted by atomic mass is 35.5. The number of rotatable bonds is 8. The molecule has 2 aromatic rings. The van der Waals surface area contributed by atoms with Crippen LogP contribution in [0.25, 0.3) is 0 Å². The summed E-state index contributed by atoms with van der Waals surface area (Å²) in [6, 6.07) is 9.45. The lowest BCUT2D eigenvalue weighted by atomic mass is 10.2. The minimum Gasteiger partial charge on any atom is -0.496 e. The largest absolute Gasteiger partial charge is 0.496 e. The monoisotopic (exact) mass is 406 g/mol. The van der Waals surface area contributed by atoms with Gasteiger partial charge in [-0.1, -0.05) is 18.5 Å². The van der Waals surface area contributed by atoms with Crippen LogP contribution in [0.15, 0.2) is 36.4 Å². The van der Waals surface area contributed by atoms with Gasteiger partial charge in [-0.3, -0.25) is 20.4 Å². The Labute approximate surface area is 168 Å². The summed E-state index contributed by atoms with van der Waals surface area (Å²) in [5, 5.41) is 0.376. The van der Waals surface area contributed by atoms with Crippen molar-refractivity contribution in [2.75, 3.05) is 20.3 Å². The normalized spacial score (nSPS) is 10.1. The molecular weight excluding hydrogens is 384 g/mol. The Kier molecular flexibility index (Phi) is 7.95. The topological polar surface area (TPSA) is 85.9 Å². The highest BCUT2D eigenvalue weighted by Crippen LogP contribution is 2.28. The molecule has 0 aliphatic rings. The quantitative estimate of drug-likeness (QED) is 0.654. The second-order valence-electron chi connectivity index (χ2n) is 5.70. The van der Waals surface area contributed by atoms with E-state index in [1.54, 1.807) is 30.3 Å². The summed E-state index contributed by atoms with van der Waals surface area (Å²) in [6.45, 7) is 4.82. The molecule has 0 bridgehead atoms. The number of hydrogen-bond acceptors (Lipinski definition) is 5. The molecule has 0 saturated heterocycles. The van der Waals surface area contributed by atoms with E-state index in [1.807, 2.05) is 13.8 Å². The Balaban J connectivity index is 2.09. The Bertz CT molecular complexity index is 841. The van der Waals surface area contributed by atoms with Crippen LogP contribution in [0, 0.1) is 0 Å². The molecule has 0 aliphatic heterocycles. The van der Waals surface area contributed by atoms with Crippen molar-refractivity contribution in [2.45, 2.75) is 20.3 Å². The van der Waals surface area contributed by atoms with Gasteiger partial charge in [0.25, 0.3) is 11.8 Å². The molecule has 2 amide bonds. The van der Waals surface area contributed by atoms with Gasteiger partial charge in [0.15, 0.2) is 11.5 Å². The summed E-state index contributed by atoms with van der Waals surface area (Å²) in [5.74, 6) is 0.310. The fourth-order valence-electron chi connectivity index (χ4n) is 2.36. The maximum absolute atomic E-state index is 12.4. The molecule has 2 rings (SSSR count). The second kappa shape index (κ2) is 10.4. The van der Waals surface area contributed by atoms with E-state index in [1.165, 1.54) is 13.2 Å². The average molecular weight is 407 g/mol. The van der Waals surface area contributed by atoms with E-state index in [0.29, 0.717) is 41.0 Å². The van der Waals surface area contributed by atoms with Crippen LogP contribution in [0.5, 0.6) is 17.2 Å².